The van der Waals surface area contributed by atoms with Crippen LogP contribution in [-0.4, -0.2) is 34.7 Å². The van der Waals surface area contributed by atoms with Crippen LogP contribution in [0.3, 0.4) is 0 Å². The Morgan fingerprint density at radius 1 is 0.886 bits per heavy atom. The third-order valence-electron chi connectivity index (χ3n) is 5.34. The second-order valence-corrected chi connectivity index (χ2v) is 9.52. The lowest BCUT2D eigenvalue weighted by Gasteiger charge is -2.09. The molecule has 1 amide bonds. The molecule has 2 aromatic heterocycles. The number of nitrogens with zero attached hydrogens (tertiary/aromatic N) is 3. The summed E-state index contributed by atoms with van der Waals surface area (Å²) in [5, 5.41) is 13.2. The normalized spacial score (nSPS) is 11.4. The second-order valence-electron chi connectivity index (χ2n) is 7.75. The van der Waals surface area contributed by atoms with Crippen molar-refractivity contribution in [2.24, 2.45) is 0 Å². The zero-order valence-electron chi connectivity index (χ0n) is 18.3. The van der Waals surface area contributed by atoms with Crippen LogP contribution in [-0.2, 0) is 16.6 Å². The molecule has 0 unspecified atom stereocenters. The summed E-state index contributed by atoms with van der Waals surface area (Å²) in [4.78, 5) is 17.4. The lowest BCUT2D eigenvalue weighted by atomic mass is 10.1. The maximum absolute atomic E-state index is 12.8. The molecule has 3 aromatic carbocycles. The summed E-state index contributed by atoms with van der Waals surface area (Å²) < 4.78 is 27.7. The summed E-state index contributed by atoms with van der Waals surface area (Å²) in [7, 11) is -3.69. The molecule has 0 aliphatic heterocycles. The van der Waals surface area contributed by atoms with E-state index in [0.717, 1.165) is 16.6 Å². The van der Waals surface area contributed by atoms with Crippen LogP contribution in [0.15, 0.2) is 95.9 Å². The monoisotopic (exact) mass is 484 g/mol. The van der Waals surface area contributed by atoms with Crippen molar-refractivity contribution in [3.05, 3.63) is 102 Å². The van der Waals surface area contributed by atoms with E-state index in [1.54, 1.807) is 30.3 Å². The number of hydrogen-bond donors (Lipinski definition) is 3. The molecule has 0 saturated heterocycles. The van der Waals surface area contributed by atoms with Crippen LogP contribution in [0.1, 0.15) is 15.9 Å². The molecule has 3 N–H and O–H groups in total. The van der Waals surface area contributed by atoms with Crippen LogP contribution >= 0.6 is 0 Å². The van der Waals surface area contributed by atoms with Gasteiger partial charge in [-0.15, -0.1) is 5.10 Å². The summed E-state index contributed by atoms with van der Waals surface area (Å²) >= 11 is 0. The molecule has 0 saturated carbocycles. The van der Waals surface area contributed by atoms with Crippen LogP contribution < -0.4 is 10.0 Å². The maximum atomic E-state index is 12.8. The Morgan fingerprint density at radius 3 is 2.49 bits per heavy atom. The van der Waals surface area contributed by atoms with Crippen molar-refractivity contribution >= 4 is 32.8 Å². The third-order valence-corrected chi connectivity index (χ3v) is 6.76. The number of carbonyl (C=O) groups excluding carboxylic acids is 1. The largest absolute Gasteiger partial charge is 0.322 e. The Bertz CT molecular complexity index is 1600. The van der Waals surface area contributed by atoms with Gasteiger partial charge in [0.2, 0.25) is 15.7 Å². The highest BCUT2D eigenvalue weighted by molar-refractivity contribution is 7.89. The fourth-order valence-electron chi connectivity index (χ4n) is 3.50. The van der Waals surface area contributed by atoms with Crippen LogP contribution in [0.5, 0.6) is 0 Å². The fourth-order valence-corrected chi connectivity index (χ4v) is 4.51. The number of nitrogens with one attached hydrogen (secondary N) is 3. The Morgan fingerprint density at radius 2 is 1.69 bits per heavy atom. The molecule has 0 aliphatic rings. The van der Waals surface area contributed by atoms with Gasteiger partial charge in [0.1, 0.15) is 5.52 Å². The summed E-state index contributed by atoms with van der Waals surface area (Å²) in [6.45, 7) is 0.191. The first kappa shape index (κ1) is 22.4. The molecular formula is C25H20N6O3S. The molecule has 5 rings (SSSR count). The molecule has 0 atom stereocenters. The molecule has 0 bridgehead atoms. The van der Waals surface area contributed by atoms with Crippen molar-refractivity contribution in [1.82, 2.24) is 25.1 Å². The van der Waals surface area contributed by atoms with Gasteiger partial charge in [0.05, 0.1) is 10.6 Å². The number of carbonyl (C=O) groups is 1. The van der Waals surface area contributed by atoms with Crippen molar-refractivity contribution in [2.75, 3.05) is 5.32 Å². The van der Waals surface area contributed by atoms with Gasteiger partial charge >= 0.3 is 0 Å². The Labute approximate surface area is 201 Å². The number of fused-ring (bicyclic) bond motifs is 1. The molecule has 174 valence electrons. The summed E-state index contributed by atoms with van der Waals surface area (Å²) in [5.41, 5.74) is 4.41. The van der Waals surface area contributed by atoms with E-state index in [4.69, 9.17) is 0 Å². The molecule has 2 heterocycles. The predicted octanol–water partition coefficient (Wildman–Crippen LogP) is 3.75. The molecule has 10 heteroatoms. The van der Waals surface area contributed by atoms with E-state index in [0.29, 0.717) is 22.6 Å². The van der Waals surface area contributed by atoms with E-state index in [2.05, 4.69) is 30.4 Å². The molecule has 5 aromatic rings. The lowest BCUT2D eigenvalue weighted by molar-refractivity contribution is 0.102. The predicted molar refractivity (Wildman–Crippen MR) is 132 cm³/mol. The number of sulfonamides is 1. The standard InChI is InChI=1S/C25H20N6O3S/c32-25(19-8-4-7-18(15-19)22-13-14-23-24(28-22)30-31-29-23)27-20-9-11-21(12-10-20)35(33,34)26-16-17-5-2-1-3-6-17/h1-15,26H,16H2,(H,27,32)(H,28,29,30,31). The Balaban J connectivity index is 1.27. The molecule has 35 heavy (non-hydrogen) atoms. The minimum Gasteiger partial charge on any atom is -0.322 e. The average Bonchev–Trinajstić information content (AvgIpc) is 3.37. The van der Waals surface area contributed by atoms with Crippen LogP contribution in [0.4, 0.5) is 5.69 Å². The summed E-state index contributed by atoms with van der Waals surface area (Å²) in [6.07, 6.45) is 0. The van der Waals surface area contributed by atoms with Crippen LogP contribution in [0, 0.1) is 0 Å². The topological polar surface area (TPSA) is 130 Å². The Kier molecular flexibility index (Phi) is 6.04. The molecule has 0 aliphatic carbocycles. The van der Waals surface area contributed by atoms with Gasteiger partial charge in [-0.2, -0.15) is 0 Å². The van der Waals surface area contributed by atoms with Gasteiger partial charge in [0.15, 0.2) is 0 Å². The van der Waals surface area contributed by atoms with E-state index in [-0.39, 0.29) is 17.3 Å². The van der Waals surface area contributed by atoms with Crippen molar-refractivity contribution in [2.45, 2.75) is 11.4 Å². The molecule has 9 nitrogen and oxygen atoms in total. The van der Waals surface area contributed by atoms with E-state index in [1.807, 2.05) is 48.5 Å². The van der Waals surface area contributed by atoms with Gasteiger partial charge in [0.25, 0.3) is 5.91 Å². The number of aromatic nitrogens is 4. The quantitative estimate of drug-likeness (QED) is 0.323. The Hall–Kier alpha value is -4.41. The van der Waals surface area contributed by atoms with Gasteiger partial charge in [-0.1, -0.05) is 47.7 Å². The zero-order valence-corrected chi connectivity index (χ0v) is 19.2. The van der Waals surface area contributed by atoms with E-state index in [1.165, 1.54) is 12.1 Å². The second kappa shape index (κ2) is 9.45. The van der Waals surface area contributed by atoms with Gasteiger partial charge < -0.3 is 5.32 Å². The highest BCUT2D eigenvalue weighted by atomic mass is 32.2. The van der Waals surface area contributed by atoms with Crippen molar-refractivity contribution in [3.8, 4) is 11.3 Å². The average molecular weight is 485 g/mol. The van der Waals surface area contributed by atoms with E-state index in [9.17, 15) is 13.2 Å². The maximum Gasteiger partial charge on any atom is 0.255 e. The molecule has 0 radical (unpaired) electrons. The number of rotatable bonds is 7. The summed E-state index contributed by atoms with van der Waals surface area (Å²) in [6, 6.07) is 26.0. The number of benzene rings is 3. The number of pyridine rings is 1. The van der Waals surface area contributed by atoms with E-state index < -0.39 is 10.0 Å². The van der Waals surface area contributed by atoms with Gasteiger partial charge in [-0.05, 0) is 54.1 Å². The highest BCUT2D eigenvalue weighted by Crippen LogP contribution is 2.21. The van der Waals surface area contributed by atoms with Crippen molar-refractivity contribution in [1.29, 1.82) is 0 Å². The summed E-state index contributed by atoms with van der Waals surface area (Å²) in [5.74, 6) is -0.327. The van der Waals surface area contributed by atoms with Crippen molar-refractivity contribution in [3.63, 3.8) is 0 Å². The number of amides is 1. The number of aromatic amines is 1. The molecule has 0 fully saturated rings. The molecular weight excluding hydrogens is 464 g/mol. The SMILES string of the molecule is O=C(Nc1ccc(S(=O)(=O)NCc2ccccc2)cc1)c1cccc(-c2ccc3[nH]nnc3n2)c1. The van der Waals surface area contributed by atoms with Gasteiger partial charge in [-0.25, -0.2) is 18.1 Å². The minimum atomic E-state index is -3.69. The van der Waals surface area contributed by atoms with Crippen molar-refractivity contribution < 1.29 is 13.2 Å². The minimum absolute atomic E-state index is 0.114. The lowest BCUT2D eigenvalue weighted by Crippen LogP contribution is -2.23. The van der Waals surface area contributed by atoms with Crippen LogP contribution in [0.25, 0.3) is 22.4 Å². The van der Waals surface area contributed by atoms with Crippen LogP contribution in [0.2, 0.25) is 0 Å². The number of hydrogen-bond acceptors (Lipinski definition) is 6. The van der Waals surface area contributed by atoms with Gasteiger partial charge in [-0.3, -0.25) is 9.89 Å². The first-order chi connectivity index (χ1) is 17.0. The first-order valence-electron chi connectivity index (χ1n) is 10.7. The smallest absolute Gasteiger partial charge is 0.255 e. The number of anilines is 1. The number of H-pyrrole nitrogens is 1. The third kappa shape index (κ3) is 5.08. The zero-order chi connectivity index (χ0) is 24.3. The van der Waals surface area contributed by atoms with E-state index >= 15 is 0 Å². The first-order valence-corrected chi connectivity index (χ1v) is 12.2. The van der Waals surface area contributed by atoms with Gasteiger partial charge in [0, 0.05) is 23.4 Å². The molecule has 0 spiro atoms. The highest BCUT2D eigenvalue weighted by Gasteiger charge is 2.15. The fraction of sp³-hybridized carbons (Fsp3) is 0.0400.